The van der Waals surface area contributed by atoms with Gasteiger partial charge >= 0.3 is 5.97 Å². The van der Waals surface area contributed by atoms with Gasteiger partial charge in [0.2, 0.25) is 0 Å². The monoisotopic (exact) mass is 212 g/mol. The van der Waals surface area contributed by atoms with Gasteiger partial charge in [-0.05, 0) is 6.04 Å². The molecule has 0 aromatic carbocycles. The predicted octanol–water partition coefficient (Wildman–Crippen LogP) is 1.68. The van der Waals surface area contributed by atoms with Crippen LogP contribution in [0.4, 0.5) is 0 Å². The Kier molecular flexibility index (Phi) is 6.00. The van der Waals surface area contributed by atoms with E-state index < -0.39 is 0 Å². The lowest BCUT2D eigenvalue weighted by molar-refractivity contribution is -0.144. The molecule has 1 atom stereocenters. The summed E-state index contributed by atoms with van der Waals surface area (Å²) in [5, 5.41) is 0. The quantitative estimate of drug-likeness (QED) is 0.403. The van der Waals surface area contributed by atoms with Gasteiger partial charge in [0.15, 0.2) is 0 Å². The minimum Gasteiger partial charge on any atom is -0.469 e. The molecule has 2 nitrogen and oxygen atoms in total. The Bertz CT molecular complexity index is 130. The first-order chi connectivity index (χ1) is 5.07. The number of carbonyl (C=O) groups excluding carboxylic acids is 1. The van der Waals surface area contributed by atoms with Crippen LogP contribution < -0.4 is 0 Å². The molecule has 1 unspecified atom stereocenters. The van der Waals surface area contributed by atoms with Crippen LogP contribution in [0.15, 0.2) is 0 Å². The molecule has 5 heteroatoms. The van der Waals surface area contributed by atoms with Gasteiger partial charge in [-0.2, -0.15) is 0 Å². The molecule has 0 aromatic heterocycles. The van der Waals surface area contributed by atoms with Crippen LogP contribution >= 0.6 is 23.2 Å². The summed E-state index contributed by atoms with van der Waals surface area (Å²) >= 11 is 11.0. The van der Waals surface area contributed by atoms with E-state index in [2.05, 4.69) is 4.74 Å². The molecule has 0 bridgehead atoms. The third-order valence-corrected chi connectivity index (χ3v) is 3.26. The molecule has 0 aliphatic heterocycles. The second-order valence-electron chi connectivity index (χ2n) is 2.13. The van der Waals surface area contributed by atoms with Crippen molar-refractivity contribution in [2.45, 2.75) is 17.4 Å². The highest BCUT2D eigenvalue weighted by molar-refractivity contribution is 6.68. The average Bonchev–Trinajstić information content (AvgIpc) is 1.98. The Morgan fingerprint density at radius 1 is 1.64 bits per heavy atom. The summed E-state index contributed by atoms with van der Waals surface area (Å²) in [6.07, 6.45) is 0. The van der Waals surface area contributed by atoms with E-state index in [4.69, 9.17) is 23.2 Å². The van der Waals surface area contributed by atoms with E-state index in [1.807, 2.05) is 0 Å². The Labute approximate surface area is 79.0 Å². The largest absolute Gasteiger partial charge is 0.469 e. The lowest BCUT2D eigenvalue weighted by Crippen LogP contribution is -2.16. The van der Waals surface area contributed by atoms with Crippen LogP contribution in [0.5, 0.6) is 0 Å². The maximum atomic E-state index is 10.8. The Hall–Kier alpha value is 0.267. The summed E-state index contributed by atoms with van der Waals surface area (Å²) in [5.74, 6) is -0.301. The summed E-state index contributed by atoms with van der Waals surface area (Å²) in [7, 11) is 1.77. The van der Waals surface area contributed by atoms with Crippen molar-refractivity contribution in [1.82, 2.24) is 0 Å². The smallest absolute Gasteiger partial charge is 0.308 e. The number of ether oxygens (including phenoxy) is 1. The number of rotatable bonds is 4. The van der Waals surface area contributed by atoms with Crippen LogP contribution in [0.2, 0.25) is 6.04 Å². The first-order valence-electron chi connectivity index (χ1n) is 3.17. The molecule has 0 N–H and O–H groups in total. The topological polar surface area (TPSA) is 26.3 Å². The van der Waals surface area contributed by atoms with E-state index in [0.29, 0.717) is 15.6 Å². The number of hydrogen-bond acceptors (Lipinski definition) is 2. The number of esters is 1. The van der Waals surface area contributed by atoms with Crippen molar-refractivity contribution in [2.75, 3.05) is 7.11 Å². The number of carbonyl (C=O) groups is 1. The fourth-order valence-electron chi connectivity index (χ4n) is 0.550. The fraction of sp³-hybridized carbons (Fsp3) is 0.833. The standard InChI is InChI=1S/C6H10Cl2O2Si/c1-4(5(9)10-2)3-11-6(7)8/h4,6H,3H2,1-2H3. The third kappa shape index (κ3) is 5.53. The highest BCUT2D eigenvalue weighted by atomic mass is 35.5. The van der Waals surface area contributed by atoms with Gasteiger partial charge < -0.3 is 4.74 Å². The van der Waals surface area contributed by atoms with Crippen molar-refractivity contribution in [3.63, 3.8) is 0 Å². The summed E-state index contributed by atoms with van der Waals surface area (Å²) in [6.45, 7) is 1.80. The molecule has 0 spiro atoms. The molecule has 64 valence electrons. The molecule has 11 heavy (non-hydrogen) atoms. The molecular formula is C6H10Cl2O2Si. The van der Waals surface area contributed by atoms with Crippen LogP contribution in [0, 0.1) is 5.92 Å². The van der Waals surface area contributed by atoms with Gasteiger partial charge in [-0.15, -0.1) is 23.2 Å². The second-order valence-corrected chi connectivity index (χ2v) is 5.36. The molecule has 0 saturated heterocycles. The number of alkyl halides is 2. The van der Waals surface area contributed by atoms with E-state index in [1.54, 1.807) is 6.92 Å². The maximum absolute atomic E-state index is 10.8. The normalized spacial score (nSPS) is 13.2. The van der Waals surface area contributed by atoms with Crippen LogP contribution in [-0.4, -0.2) is 27.1 Å². The molecule has 0 heterocycles. The van der Waals surface area contributed by atoms with Crippen LogP contribution in [0.1, 0.15) is 6.92 Å². The van der Waals surface area contributed by atoms with Crippen LogP contribution in [0.3, 0.4) is 0 Å². The molecule has 0 aliphatic rings. The van der Waals surface area contributed by atoms with Gasteiger partial charge in [-0.25, -0.2) is 0 Å². The summed E-state index contributed by atoms with van der Waals surface area (Å²) in [6, 6.07) is 0.699. The van der Waals surface area contributed by atoms with E-state index >= 15 is 0 Å². The highest BCUT2D eigenvalue weighted by Gasteiger charge is 2.14. The Morgan fingerprint density at radius 3 is 2.55 bits per heavy atom. The molecule has 0 aromatic rings. The van der Waals surface area contributed by atoms with Crippen molar-refractivity contribution in [2.24, 2.45) is 5.92 Å². The molecular weight excluding hydrogens is 203 g/mol. The summed E-state index contributed by atoms with van der Waals surface area (Å²) in [4.78, 5) is 10.8. The van der Waals surface area contributed by atoms with Gasteiger partial charge in [0.1, 0.15) is 0 Å². The third-order valence-electron chi connectivity index (χ3n) is 1.18. The molecule has 0 rings (SSSR count). The van der Waals surface area contributed by atoms with Gasteiger partial charge in [-0.1, -0.05) is 6.92 Å². The zero-order valence-electron chi connectivity index (χ0n) is 6.43. The summed E-state index contributed by atoms with van der Waals surface area (Å²) < 4.78 is 4.16. The van der Waals surface area contributed by atoms with Crippen molar-refractivity contribution < 1.29 is 9.53 Å². The maximum Gasteiger partial charge on any atom is 0.308 e. The van der Waals surface area contributed by atoms with Gasteiger partial charge in [0, 0.05) is 0 Å². The minimum atomic E-state index is -0.359. The van der Waals surface area contributed by atoms with E-state index in [9.17, 15) is 4.79 Å². The lowest BCUT2D eigenvalue weighted by Gasteiger charge is -2.07. The lowest BCUT2D eigenvalue weighted by atomic mass is 10.2. The Morgan fingerprint density at radius 2 is 2.18 bits per heavy atom. The van der Waals surface area contributed by atoms with Gasteiger partial charge in [0.25, 0.3) is 0 Å². The van der Waals surface area contributed by atoms with Crippen LogP contribution in [0.25, 0.3) is 0 Å². The first-order valence-corrected chi connectivity index (χ1v) is 5.33. The first kappa shape index (κ1) is 11.3. The zero-order chi connectivity index (χ0) is 8.85. The zero-order valence-corrected chi connectivity index (χ0v) is 8.95. The predicted molar refractivity (Wildman–Crippen MR) is 47.2 cm³/mol. The summed E-state index contributed by atoms with van der Waals surface area (Å²) in [5.41, 5.74) is 0. The fourth-order valence-corrected chi connectivity index (χ4v) is 1.78. The van der Waals surface area contributed by atoms with Crippen LogP contribution in [-0.2, 0) is 9.53 Å². The van der Waals surface area contributed by atoms with Gasteiger partial charge in [0.05, 0.1) is 27.0 Å². The molecule has 0 fully saturated rings. The number of hydrogen-bond donors (Lipinski definition) is 0. The molecule has 0 amide bonds. The van der Waals surface area contributed by atoms with Crippen molar-refractivity contribution in [3.8, 4) is 0 Å². The Balaban J connectivity index is 3.52. The number of methoxy groups -OCH3 is 1. The van der Waals surface area contributed by atoms with E-state index in [1.165, 1.54) is 7.11 Å². The highest BCUT2D eigenvalue weighted by Crippen LogP contribution is 2.09. The minimum absolute atomic E-state index is 0.0988. The van der Waals surface area contributed by atoms with E-state index in [-0.39, 0.29) is 16.3 Å². The SMILES string of the molecule is COC(=O)C(C)C[Si]C(Cl)Cl. The van der Waals surface area contributed by atoms with E-state index in [0.717, 1.165) is 0 Å². The van der Waals surface area contributed by atoms with Gasteiger partial charge in [-0.3, -0.25) is 4.79 Å². The average molecular weight is 213 g/mol. The second kappa shape index (κ2) is 5.86. The van der Waals surface area contributed by atoms with Crippen molar-refractivity contribution in [1.29, 1.82) is 0 Å². The number of halogens is 2. The van der Waals surface area contributed by atoms with Crippen molar-refractivity contribution in [3.05, 3.63) is 0 Å². The molecule has 0 aliphatic carbocycles. The van der Waals surface area contributed by atoms with Crippen molar-refractivity contribution >= 4 is 38.7 Å². The molecule has 0 saturated carbocycles. The molecule has 2 radical (unpaired) electrons.